The van der Waals surface area contributed by atoms with Gasteiger partial charge in [0, 0.05) is 31.3 Å². The lowest BCUT2D eigenvalue weighted by Crippen LogP contribution is -2.37. The molecule has 0 unspecified atom stereocenters. The van der Waals surface area contributed by atoms with Gasteiger partial charge in [-0.25, -0.2) is 0 Å². The van der Waals surface area contributed by atoms with Crippen LogP contribution in [0, 0.1) is 0 Å². The lowest BCUT2D eigenvalue weighted by Gasteiger charge is -2.22. The summed E-state index contributed by atoms with van der Waals surface area (Å²) in [7, 11) is 0. The highest BCUT2D eigenvalue weighted by Crippen LogP contribution is 2.20. The topological polar surface area (TPSA) is 49.4 Å². The van der Waals surface area contributed by atoms with E-state index in [9.17, 15) is 9.59 Å². The van der Waals surface area contributed by atoms with Crippen molar-refractivity contribution >= 4 is 17.5 Å². The number of hydrogen-bond donors (Lipinski definition) is 1. The van der Waals surface area contributed by atoms with Gasteiger partial charge in [0.15, 0.2) is 0 Å². The van der Waals surface area contributed by atoms with Gasteiger partial charge in [0.05, 0.1) is 0 Å². The van der Waals surface area contributed by atoms with Gasteiger partial charge >= 0.3 is 0 Å². The molecule has 0 aliphatic rings. The molecule has 4 nitrogen and oxygen atoms in total. The maximum Gasteiger partial charge on any atom is 0.251 e. The molecule has 0 heterocycles. The van der Waals surface area contributed by atoms with Crippen LogP contribution in [0.2, 0.25) is 0 Å². The maximum atomic E-state index is 12.0. The second-order valence-corrected chi connectivity index (χ2v) is 6.04. The SMILES string of the molecule is CC(=O)N(CCNC(=O)c1ccccc1)c1ccc(C(C)C)cc1. The molecule has 0 saturated heterocycles. The van der Waals surface area contributed by atoms with Crippen molar-refractivity contribution in [2.24, 2.45) is 0 Å². The predicted octanol–water partition coefficient (Wildman–Crippen LogP) is 3.59. The van der Waals surface area contributed by atoms with Crippen molar-refractivity contribution in [1.82, 2.24) is 5.32 Å². The summed E-state index contributed by atoms with van der Waals surface area (Å²) in [4.78, 5) is 25.6. The zero-order valence-corrected chi connectivity index (χ0v) is 14.5. The zero-order valence-electron chi connectivity index (χ0n) is 14.5. The molecular formula is C20H24N2O2. The summed E-state index contributed by atoms with van der Waals surface area (Å²) in [6.45, 7) is 6.65. The summed E-state index contributed by atoms with van der Waals surface area (Å²) in [5.74, 6) is 0.283. The molecule has 24 heavy (non-hydrogen) atoms. The minimum Gasteiger partial charge on any atom is -0.350 e. The highest BCUT2D eigenvalue weighted by atomic mass is 16.2. The van der Waals surface area contributed by atoms with Crippen molar-refractivity contribution in [3.8, 4) is 0 Å². The van der Waals surface area contributed by atoms with Gasteiger partial charge in [0.25, 0.3) is 5.91 Å². The Labute approximate surface area is 143 Å². The summed E-state index contributed by atoms with van der Waals surface area (Å²) in [5, 5.41) is 2.85. The average molecular weight is 324 g/mol. The lowest BCUT2D eigenvalue weighted by molar-refractivity contribution is -0.116. The Balaban J connectivity index is 1.96. The first-order chi connectivity index (χ1) is 11.5. The van der Waals surface area contributed by atoms with Gasteiger partial charge in [-0.15, -0.1) is 0 Å². The second-order valence-electron chi connectivity index (χ2n) is 6.04. The molecule has 0 radical (unpaired) electrons. The van der Waals surface area contributed by atoms with E-state index < -0.39 is 0 Å². The molecule has 0 aromatic heterocycles. The van der Waals surface area contributed by atoms with Crippen LogP contribution in [0.5, 0.6) is 0 Å². The fourth-order valence-electron chi connectivity index (χ4n) is 2.48. The lowest BCUT2D eigenvalue weighted by atomic mass is 10.0. The summed E-state index contributed by atoms with van der Waals surface area (Å²) in [5.41, 5.74) is 2.70. The number of hydrogen-bond acceptors (Lipinski definition) is 2. The van der Waals surface area contributed by atoms with Crippen LogP contribution in [0.15, 0.2) is 54.6 Å². The fraction of sp³-hybridized carbons (Fsp3) is 0.300. The van der Waals surface area contributed by atoms with Crippen molar-refractivity contribution in [1.29, 1.82) is 0 Å². The van der Waals surface area contributed by atoms with Crippen LogP contribution in [0.1, 0.15) is 42.6 Å². The molecule has 0 bridgehead atoms. The van der Waals surface area contributed by atoms with Crippen molar-refractivity contribution in [3.05, 3.63) is 65.7 Å². The first-order valence-electron chi connectivity index (χ1n) is 8.20. The molecule has 0 aliphatic heterocycles. The summed E-state index contributed by atoms with van der Waals surface area (Å²) < 4.78 is 0. The Kier molecular flexibility index (Phi) is 6.13. The number of amides is 2. The number of rotatable bonds is 6. The summed E-state index contributed by atoms with van der Waals surface area (Å²) in [6.07, 6.45) is 0. The minimum absolute atomic E-state index is 0.0405. The van der Waals surface area contributed by atoms with E-state index in [1.165, 1.54) is 12.5 Å². The number of carbonyl (C=O) groups is 2. The van der Waals surface area contributed by atoms with E-state index in [0.717, 1.165) is 5.69 Å². The number of nitrogens with zero attached hydrogens (tertiary/aromatic N) is 1. The normalized spacial score (nSPS) is 10.5. The number of benzene rings is 2. The Bertz CT molecular complexity index is 679. The highest BCUT2D eigenvalue weighted by molar-refractivity contribution is 5.94. The third-order valence-corrected chi connectivity index (χ3v) is 3.91. The molecule has 1 N–H and O–H groups in total. The van der Waals surface area contributed by atoms with Crippen LogP contribution in [-0.2, 0) is 4.79 Å². The van der Waals surface area contributed by atoms with Crippen LogP contribution >= 0.6 is 0 Å². The Morgan fingerprint density at radius 2 is 1.62 bits per heavy atom. The molecule has 2 aromatic rings. The first-order valence-corrected chi connectivity index (χ1v) is 8.20. The Hall–Kier alpha value is -2.62. The van der Waals surface area contributed by atoms with E-state index in [0.29, 0.717) is 24.6 Å². The summed E-state index contributed by atoms with van der Waals surface area (Å²) >= 11 is 0. The van der Waals surface area contributed by atoms with Gasteiger partial charge in [0.2, 0.25) is 5.91 Å². The van der Waals surface area contributed by atoms with Crippen LogP contribution in [0.3, 0.4) is 0 Å². The van der Waals surface area contributed by atoms with Gasteiger partial charge < -0.3 is 10.2 Å². The number of carbonyl (C=O) groups excluding carboxylic acids is 2. The summed E-state index contributed by atoms with van der Waals surface area (Å²) in [6, 6.07) is 17.0. The van der Waals surface area contributed by atoms with Crippen molar-refractivity contribution in [2.75, 3.05) is 18.0 Å². The predicted molar refractivity (Wildman–Crippen MR) is 97.3 cm³/mol. The molecular weight excluding hydrogens is 300 g/mol. The Morgan fingerprint density at radius 3 is 2.17 bits per heavy atom. The van der Waals surface area contributed by atoms with Crippen LogP contribution in [0.4, 0.5) is 5.69 Å². The average Bonchev–Trinajstić information content (AvgIpc) is 2.59. The fourth-order valence-corrected chi connectivity index (χ4v) is 2.48. The van der Waals surface area contributed by atoms with Gasteiger partial charge in [0.1, 0.15) is 0 Å². The van der Waals surface area contributed by atoms with E-state index in [-0.39, 0.29) is 11.8 Å². The minimum atomic E-state index is -0.130. The monoisotopic (exact) mass is 324 g/mol. The standard InChI is InChI=1S/C20H24N2O2/c1-15(2)17-9-11-19(12-10-17)22(16(3)23)14-13-21-20(24)18-7-5-4-6-8-18/h4-12,15H,13-14H2,1-3H3,(H,21,24). The van der Waals surface area contributed by atoms with Gasteiger partial charge in [-0.1, -0.05) is 44.2 Å². The van der Waals surface area contributed by atoms with Gasteiger partial charge in [-0.3, -0.25) is 9.59 Å². The maximum absolute atomic E-state index is 12.0. The third kappa shape index (κ3) is 4.69. The molecule has 0 saturated carbocycles. The smallest absolute Gasteiger partial charge is 0.251 e. The van der Waals surface area contributed by atoms with E-state index in [1.807, 2.05) is 42.5 Å². The second kappa shape index (κ2) is 8.29. The van der Waals surface area contributed by atoms with Gasteiger partial charge in [-0.05, 0) is 35.7 Å². The van der Waals surface area contributed by atoms with Crippen molar-refractivity contribution in [3.63, 3.8) is 0 Å². The van der Waals surface area contributed by atoms with Gasteiger partial charge in [-0.2, -0.15) is 0 Å². The van der Waals surface area contributed by atoms with Crippen LogP contribution in [-0.4, -0.2) is 24.9 Å². The highest BCUT2D eigenvalue weighted by Gasteiger charge is 2.12. The molecule has 0 atom stereocenters. The zero-order chi connectivity index (χ0) is 17.5. The van der Waals surface area contributed by atoms with Crippen molar-refractivity contribution < 1.29 is 9.59 Å². The van der Waals surface area contributed by atoms with E-state index in [4.69, 9.17) is 0 Å². The van der Waals surface area contributed by atoms with E-state index in [1.54, 1.807) is 17.0 Å². The van der Waals surface area contributed by atoms with E-state index in [2.05, 4.69) is 19.2 Å². The van der Waals surface area contributed by atoms with Crippen molar-refractivity contribution in [2.45, 2.75) is 26.7 Å². The molecule has 2 rings (SSSR count). The Morgan fingerprint density at radius 1 is 1.00 bits per heavy atom. The number of anilines is 1. The molecule has 4 heteroatoms. The largest absolute Gasteiger partial charge is 0.350 e. The molecule has 0 fully saturated rings. The quantitative estimate of drug-likeness (QED) is 0.883. The molecule has 126 valence electrons. The molecule has 0 spiro atoms. The van der Waals surface area contributed by atoms with Crippen LogP contribution < -0.4 is 10.2 Å². The number of nitrogens with one attached hydrogen (secondary N) is 1. The molecule has 0 aliphatic carbocycles. The third-order valence-electron chi connectivity index (χ3n) is 3.91. The first kappa shape index (κ1) is 17.7. The molecule has 2 amide bonds. The van der Waals surface area contributed by atoms with E-state index >= 15 is 0 Å². The van der Waals surface area contributed by atoms with Crippen LogP contribution in [0.25, 0.3) is 0 Å². The molecule has 2 aromatic carbocycles.